The van der Waals surface area contributed by atoms with Crippen LogP contribution in [-0.4, -0.2) is 82.5 Å². The minimum absolute atomic E-state index is 0.0118. The van der Waals surface area contributed by atoms with Crippen molar-refractivity contribution in [1.82, 2.24) is 10.4 Å². The summed E-state index contributed by atoms with van der Waals surface area (Å²) in [7, 11) is 0. The second-order valence-corrected chi connectivity index (χ2v) is 13.1. The summed E-state index contributed by atoms with van der Waals surface area (Å²) < 4.78 is 35.9. The van der Waals surface area contributed by atoms with Crippen LogP contribution >= 0.6 is 0 Å². The maximum absolute atomic E-state index is 13.1. The Kier molecular flexibility index (Phi) is 11.6. The Labute approximate surface area is 294 Å². The highest BCUT2D eigenvalue weighted by atomic mass is 19.1. The number of imide groups is 1. The number of hydroxylamine groups is 2. The molecular formula is C37H41FN2O11. The van der Waals surface area contributed by atoms with Crippen LogP contribution < -0.4 is 5.32 Å². The molecule has 3 amide bonds. The molecule has 0 bridgehead atoms. The number of ether oxygens (including phenoxy) is 4. The van der Waals surface area contributed by atoms with E-state index >= 15 is 0 Å². The molecular weight excluding hydrogens is 667 g/mol. The van der Waals surface area contributed by atoms with Crippen LogP contribution in [0.1, 0.15) is 70.2 Å². The number of aliphatic hydroxyl groups is 1. The van der Waals surface area contributed by atoms with Gasteiger partial charge in [-0.2, -0.15) is 0 Å². The second kappa shape index (κ2) is 15.9. The van der Waals surface area contributed by atoms with Crippen molar-refractivity contribution in [2.45, 2.75) is 95.9 Å². The van der Waals surface area contributed by atoms with Crippen molar-refractivity contribution < 1.29 is 57.3 Å². The molecule has 1 spiro atoms. The molecule has 0 radical (unpaired) electrons. The molecule has 1 aromatic carbocycles. The number of nitrogens with zero attached hydrogens (tertiary/aromatic N) is 1. The lowest BCUT2D eigenvalue weighted by molar-refractivity contribution is -0.199. The first-order valence-corrected chi connectivity index (χ1v) is 16.7. The number of benzene rings is 1. The minimum Gasteiger partial charge on any atom is -0.493 e. The first kappa shape index (κ1) is 37.2. The van der Waals surface area contributed by atoms with Crippen molar-refractivity contribution in [2.24, 2.45) is 5.92 Å². The molecule has 5 rings (SSSR count). The number of rotatable bonds is 10. The van der Waals surface area contributed by atoms with E-state index in [4.69, 9.17) is 23.8 Å². The summed E-state index contributed by atoms with van der Waals surface area (Å²) in [6.07, 6.45) is 5.72. The molecule has 14 heteroatoms. The Balaban J connectivity index is 1.13. The average molecular weight is 709 g/mol. The number of hydrogen-bond donors (Lipinski definition) is 2. The zero-order chi connectivity index (χ0) is 36.9. The van der Waals surface area contributed by atoms with Gasteiger partial charge in [-0.05, 0) is 75.3 Å². The summed E-state index contributed by atoms with van der Waals surface area (Å²) in [6.45, 7) is 7.55. The minimum atomic E-state index is -1.10. The maximum atomic E-state index is 13.1. The van der Waals surface area contributed by atoms with E-state index < -0.39 is 53.5 Å². The van der Waals surface area contributed by atoms with Crippen molar-refractivity contribution in [3.8, 4) is 0 Å². The van der Waals surface area contributed by atoms with E-state index in [0.717, 1.165) is 11.3 Å². The highest BCUT2D eigenvalue weighted by molar-refractivity contribution is 6.01. The summed E-state index contributed by atoms with van der Waals surface area (Å²) in [5, 5.41) is 14.3. The number of aliphatic hydroxyl groups excluding tert-OH is 1. The van der Waals surface area contributed by atoms with Crippen LogP contribution in [0.5, 0.6) is 0 Å². The number of allylic oxidation sites excluding steroid dienone is 4. The fourth-order valence-electron chi connectivity index (χ4n) is 5.84. The zero-order valence-corrected chi connectivity index (χ0v) is 28.8. The molecule has 51 heavy (non-hydrogen) atoms. The van der Waals surface area contributed by atoms with Crippen molar-refractivity contribution >= 4 is 29.7 Å². The van der Waals surface area contributed by atoms with Crippen LogP contribution in [0.4, 0.5) is 4.39 Å². The molecule has 2 N–H and O–H groups in total. The van der Waals surface area contributed by atoms with Crippen LogP contribution in [0.3, 0.4) is 0 Å². The lowest BCUT2D eigenvalue weighted by Crippen LogP contribution is -2.46. The Morgan fingerprint density at radius 3 is 2.51 bits per heavy atom. The van der Waals surface area contributed by atoms with E-state index in [-0.39, 0.29) is 67.6 Å². The van der Waals surface area contributed by atoms with Gasteiger partial charge in [0.15, 0.2) is 5.76 Å². The van der Waals surface area contributed by atoms with Crippen LogP contribution in [-0.2, 0) is 43.0 Å². The van der Waals surface area contributed by atoms with Gasteiger partial charge in [0, 0.05) is 31.3 Å². The topological polar surface area (TPSA) is 170 Å². The van der Waals surface area contributed by atoms with Gasteiger partial charge in [-0.15, -0.1) is 5.06 Å². The lowest BCUT2D eigenvalue weighted by atomic mass is 9.90. The molecule has 4 saturated heterocycles. The van der Waals surface area contributed by atoms with Gasteiger partial charge in [0.05, 0.1) is 30.4 Å². The molecule has 4 aliphatic heterocycles. The number of carbonyl (C=O) groups excluding carboxylic acids is 5. The van der Waals surface area contributed by atoms with E-state index in [1.165, 1.54) is 36.4 Å². The molecule has 4 heterocycles. The Bertz CT molecular complexity index is 1690. The summed E-state index contributed by atoms with van der Waals surface area (Å²) in [5.41, 5.74) is 3.02. The van der Waals surface area contributed by atoms with Crippen LogP contribution in [0.25, 0.3) is 0 Å². The van der Waals surface area contributed by atoms with E-state index in [1.54, 1.807) is 13.0 Å². The monoisotopic (exact) mass is 708 g/mol. The third-order valence-electron chi connectivity index (χ3n) is 8.88. The molecule has 272 valence electrons. The number of amides is 3. The molecule has 1 unspecified atom stereocenters. The predicted molar refractivity (Wildman–Crippen MR) is 176 cm³/mol. The van der Waals surface area contributed by atoms with Gasteiger partial charge in [0.25, 0.3) is 11.8 Å². The Morgan fingerprint density at radius 1 is 1.16 bits per heavy atom. The fourth-order valence-corrected chi connectivity index (χ4v) is 5.84. The summed E-state index contributed by atoms with van der Waals surface area (Å²) in [4.78, 5) is 65.9. The first-order valence-electron chi connectivity index (χ1n) is 16.7. The highest BCUT2D eigenvalue weighted by Gasteiger charge is 2.58. The quantitative estimate of drug-likeness (QED) is 0.0909. The molecule has 0 aromatic heterocycles. The summed E-state index contributed by atoms with van der Waals surface area (Å²) in [5.74, 6) is -2.64. The van der Waals surface area contributed by atoms with Gasteiger partial charge in [0.2, 0.25) is 5.91 Å². The van der Waals surface area contributed by atoms with Crippen molar-refractivity contribution in [3.05, 3.63) is 88.8 Å². The number of hydrogen-bond acceptors (Lipinski definition) is 11. The van der Waals surface area contributed by atoms with Crippen LogP contribution in [0.2, 0.25) is 0 Å². The van der Waals surface area contributed by atoms with Gasteiger partial charge in [-0.1, -0.05) is 18.7 Å². The van der Waals surface area contributed by atoms with E-state index in [2.05, 4.69) is 11.0 Å². The smallest absolute Gasteiger partial charge is 0.338 e. The van der Waals surface area contributed by atoms with Crippen molar-refractivity contribution in [2.75, 3.05) is 6.61 Å². The molecule has 0 saturated carbocycles. The first-order chi connectivity index (χ1) is 24.2. The Morgan fingerprint density at radius 2 is 1.84 bits per heavy atom. The van der Waals surface area contributed by atoms with Crippen LogP contribution in [0, 0.1) is 11.7 Å². The van der Waals surface area contributed by atoms with E-state index in [9.17, 15) is 33.5 Å². The molecule has 1 aromatic rings. The number of halogens is 1. The third kappa shape index (κ3) is 9.60. The zero-order valence-electron chi connectivity index (χ0n) is 28.8. The molecule has 4 fully saturated rings. The molecule has 4 aliphatic rings. The molecule has 13 nitrogen and oxygen atoms in total. The number of nitrogens with one attached hydrogen (secondary N) is 1. The fraction of sp³-hybridized carbons (Fsp3) is 0.459. The standard InChI is InChI=1S/C37H41FN2O11/c1-21(6-13-30-35(45)37(20-47-37)19-27(50-30)18-34(44)51-40-32(42)15-16-33(40)43)5-12-29-22(2)17-28(24(4)49-29)39-31(41)14-7-23(3)48-36(46)25-8-10-26(38)11-9-25/h5-12,14,22-24,27-28,35,45H,15-20H2,1-4H3,(H,39,41)/b14-7-,21-5+,29-12+/t13?,22-,23?,24+,27+,28+,35+,37+/m0/s1. The average Bonchev–Trinajstić information content (AvgIpc) is 3.79. The second-order valence-electron chi connectivity index (χ2n) is 13.1. The summed E-state index contributed by atoms with van der Waals surface area (Å²) >= 11 is 0. The maximum Gasteiger partial charge on any atom is 0.338 e. The van der Waals surface area contributed by atoms with E-state index in [0.29, 0.717) is 11.5 Å². The van der Waals surface area contributed by atoms with Gasteiger partial charge < -0.3 is 34.2 Å². The number of carbonyl (C=O) groups is 5. The number of esters is 1. The third-order valence-corrected chi connectivity index (χ3v) is 8.88. The van der Waals surface area contributed by atoms with Gasteiger partial charge in [0.1, 0.15) is 35.8 Å². The largest absolute Gasteiger partial charge is 0.493 e. The van der Waals surface area contributed by atoms with Crippen LogP contribution in [0.15, 0.2) is 77.5 Å². The lowest BCUT2D eigenvalue weighted by Gasteiger charge is -2.35. The normalized spacial score (nSPS) is 28.9. The van der Waals surface area contributed by atoms with Gasteiger partial charge in [-0.3, -0.25) is 14.4 Å². The SMILES string of the molecule is C/C(C=C=C1O[C@H](CC(=O)ON2C(=O)CCC2=O)C[C@@]2(CO2)[C@@H]1O)=C\C=C1\O[C@H](C)[C@H](NC(=O)/C=C\C(C)OC(=O)c2ccc(F)cc2)C[C@@H]1C. The predicted octanol–water partition coefficient (Wildman–Crippen LogP) is 3.64. The molecule has 0 aliphatic carbocycles. The number of epoxide rings is 1. The Hall–Kier alpha value is -5.04. The van der Waals surface area contributed by atoms with Gasteiger partial charge in [-0.25, -0.2) is 14.0 Å². The highest BCUT2D eigenvalue weighted by Crippen LogP contribution is 2.44. The van der Waals surface area contributed by atoms with E-state index in [1.807, 2.05) is 32.9 Å². The van der Waals surface area contributed by atoms with Crippen molar-refractivity contribution in [3.63, 3.8) is 0 Å². The summed E-state index contributed by atoms with van der Waals surface area (Å²) in [6, 6.07) is 4.70. The van der Waals surface area contributed by atoms with Crippen molar-refractivity contribution in [1.29, 1.82) is 0 Å². The molecule has 7 atom stereocenters. The van der Waals surface area contributed by atoms with Gasteiger partial charge >= 0.3 is 11.9 Å².